The Morgan fingerprint density at radius 3 is 2.46 bits per heavy atom. The molecular formula is C27H33N. The second kappa shape index (κ2) is 11.2. The predicted octanol–water partition coefficient (Wildman–Crippen LogP) is 7.81. The van der Waals surface area contributed by atoms with Gasteiger partial charge in [0.15, 0.2) is 0 Å². The van der Waals surface area contributed by atoms with Crippen LogP contribution in [0.15, 0.2) is 72.3 Å². The number of benzene rings is 2. The summed E-state index contributed by atoms with van der Waals surface area (Å²) in [7, 11) is 0. The third-order valence-corrected chi connectivity index (χ3v) is 5.12. The summed E-state index contributed by atoms with van der Waals surface area (Å²) in [5.41, 5.74) is 9.12. The molecule has 0 unspecified atom stereocenters. The maximum Gasteiger partial charge on any atom is 0.0253 e. The van der Waals surface area contributed by atoms with Crippen molar-refractivity contribution in [2.75, 3.05) is 0 Å². The van der Waals surface area contributed by atoms with E-state index in [9.17, 15) is 0 Å². The van der Waals surface area contributed by atoms with Gasteiger partial charge in [-0.05, 0) is 59.6 Å². The Kier molecular flexibility index (Phi) is 8.68. The first-order valence-corrected chi connectivity index (χ1v) is 10.5. The molecule has 0 spiro atoms. The van der Waals surface area contributed by atoms with Crippen LogP contribution in [0.4, 0.5) is 0 Å². The van der Waals surface area contributed by atoms with Crippen LogP contribution in [0.25, 0.3) is 11.1 Å². The maximum absolute atomic E-state index is 7.76. The van der Waals surface area contributed by atoms with E-state index in [-0.39, 0.29) is 0 Å². The molecule has 3 rings (SSSR count). The maximum atomic E-state index is 7.76. The second-order valence-corrected chi connectivity index (χ2v) is 6.84. The van der Waals surface area contributed by atoms with E-state index in [0.29, 0.717) is 0 Å². The van der Waals surface area contributed by atoms with Crippen molar-refractivity contribution in [1.29, 1.82) is 5.41 Å². The zero-order valence-electron chi connectivity index (χ0n) is 17.8. The Bertz CT molecular complexity index is 866. The van der Waals surface area contributed by atoms with Gasteiger partial charge in [-0.2, -0.15) is 0 Å². The van der Waals surface area contributed by atoms with Crippen LogP contribution in [0.5, 0.6) is 0 Å². The third kappa shape index (κ3) is 5.19. The summed E-state index contributed by atoms with van der Waals surface area (Å²) >= 11 is 0. The SMILES string of the molecule is CC.CCCC1=C(c2cccc(C/C=C(\C=N)c3ccccc3)c2C)C=CC1. The van der Waals surface area contributed by atoms with Gasteiger partial charge in [-0.3, -0.25) is 0 Å². The Balaban J connectivity index is 0.00000136. The van der Waals surface area contributed by atoms with Crippen LogP contribution >= 0.6 is 0 Å². The van der Waals surface area contributed by atoms with Gasteiger partial charge in [0.2, 0.25) is 0 Å². The average Bonchev–Trinajstić information content (AvgIpc) is 3.20. The molecular weight excluding hydrogens is 338 g/mol. The van der Waals surface area contributed by atoms with Gasteiger partial charge in [0.1, 0.15) is 0 Å². The molecule has 1 aliphatic rings. The fraction of sp³-hybridized carbons (Fsp3) is 0.296. The molecule has 1 heteroatoms. The van der Waals surface area contributed by atoms with Gasteiger partial charge in [0.05, 0.1) is 0 Å². The van der Waals surface area contributed by atoms with Gasteiger partial charge in [0.25, 0.3) is 0 Å². The minimum absolute atomic E-state index is 0.847. The summed E-state index contributed by atoms with van der Waals surface area (Å²) in [4.78, 5) is 0. The Labute approximate surface area is 171 Å². The molecule has 0 aliphatic heterocycles. The van der Waals surface area contributed by atoms with Crippen molar-refractivity contribution >= 4 is 17.4 Å². The summed E-state index contributed by atoms with van der Waals surface area (Å²) in [6, 6.07) is 16.8. The van der Waals surface area contributed by atoms with E-state index in [2.05, 4.69) is 62.4 Å². The monoisotopic (exact) mass is 371 g/mol. The molecule has 0 bridgehead atoms. The number of hydrogen-bond acceptors (Lipinski definition) is 1. The standard InChI is InChI=1S/C25H27N.C2H6/c1-3-9-22-13-8-15-25(22)24-14-7-12-20(19(24)2)16-17-23(18-26)21-10-5-4-6-11-21;1-2/h4-8,10-12,14-15,17-18,26H,3,9,13,16H2,1-2H3;1-2H3/b23-17+,26-18?;. The lowest BCUT2D eigenvalue weighted by Crippen LogP contribution is -1.96. The molecule has 146 valence electrons. The van der Waals surface area contributed by atoms with Crippen LogP contribution < -0.4 is 0 Å². The average molecular weight is 372 g/mol. The van der Waals surface area contributed by atoms with Crippen molar-refractivity contribution in [3.8, 4) is 0 Å². The summed E-state index contributed by atoms with van der Waals surface area (Å²) in [6.07, 6.45) is 12.5. The molecule has 2 aromatic rings. The van der Waals surface area contributed by atoms with E-state index in [1.54, 1.807) is 5.57 Å². The first-order chi connectivity index (χ1) is 13.7. The van der Waals surface area contributed by atoms with E-state index < -0.39 is 0 Å². The van der Waals surface area contributed by atoms with Gasteiger partial charge >= 0.3 is 0 Å². The summed E-state index contributed by atoms with van der Waals surface area (Å²) in [5.74, 6) is 0. The third-order valence-electron chi connectivity index (χ3n) is 5.12. The molecule has 1 nitrogen and oxygen atoms in total. The van der Waals surface area contributed by atoms with Gasteiger partial charge < -0.3 is 5.41 Å². The van der Waals surface area contributed by atoms with Gasteiger partial charge in [-0.1, -0.05) is 99.5 Å². The quantitative estimate of drug-likeness (QED) is 0.480. The predicted molar refractivity (Wildman–Crippen MR) is 125 cm³/mol. The summed E-state index contributed by atoms with van der Waals surface area (Å²) in [5, 5.41) is 7.76. The van der Waals surface area contributed by atoms with Crippen LogP contribution in [0.2, 0.25) is 0 Å². The fourth-order valence-electron chi connectivity index (χ4n) is 3.67. The van der Waals surface area contributed by atoms with Gasteiger partial charge in [0, 0.05) is 6.21 Å². The Hall–Kier alpha value is -2.67. The molecule has 0 atom stereocenters. The lowest BCUT2D eigenvalue weighted by molar-refractivity contribution is 0.889. The number of rotatable bonds is 7. The van der Waals surface area contributed by atoms with E-state index in [4.69, 9.17) is 5.41 Å². The van der Waals surface area contributed by atoms with Crippen LogP contribution in [0.1, 0.15) is 62.3 Å². The fourth-order valence-corrected chi connectivity index (χ4v) is 3.67. The van der Waals surface area contributed by atoms with Crippen molar-refractivity contribution in [2.45, 2.75) is 53.4 Å². The van der Waals surface area contributed by atoms with Crippen molar-refractivity contribution < 1.29 is 0 Å². The molecule has 0 amide bonds. The largest absolute Gasteiger partial charge is 0.308 e. The van der Waals surface area contributed by atoms with Crippen LogP contribution in [-0.4, -0.2) is 6.21 Å². The molecule has 0 heterocycles. The summed E-state index contributed by atoms with van der Waals surface area (Å²) in [6.45, 7) is 8.48. The summed E-state index contributed by atoms with van der Waals surface area (Å²) < 4.78 is 0. The molecule has 2 aromatic carbocycles. The van der Waals surface area contributed by atoms with Gasteiger partial charge in [-0.25, -0.2) is 0 Å². The number of allylic oxidation sites excluding steroid dienone is 6. The lowest BCUT2D eigenvalue weighted by atomic mass is 9.91. The Morgan fingerprint density at radius 2 is 1.79 bits per heavy atom. The topological polar surface area (TPSA) is 23.9 Å². The van der Waals surface area contributed by atoms with Crippen LogP contribution in [-0.2, 0) is 6.42 Å². The molecule has 1 aliphatic carbocycles. The molecule has 0 radical (unpaired) electrons. The molecule has 0 fully saturated rings. The van der Waals surface area contributed by atoms with E-state index in [0.717, 1.165) is 24.0 Å². The van der Waals surface area contributed by atoms with Crippen molar-refractivity contribution in [3.05, 3.63) is 94.6 Å². The molecule has 0 saturated carbocycles. The van der Waals surface area contributed by atoms with Crippen LogP contribution in [0, 0.1) is 12.3 Å². The highest BCUT2D eigenvalue weighted by Crippen LogP contribution is 2.33. The van der Waals surface area contributed by atoms with Gasteiger partial charge in [-0.15, -0.1) is 0 Å². The minimum atomic E-state index is 0.847. The molecule has 28 heavy (non-hydrogen) atoms. The first kappa shape index (κ1) is 21.6. The molecule has 0 saturated heterocycles. The normalized spacial score (nSPS) is 13.4. The van der Waals surface area contributed by atoms with E-state index in [1.807, 2.05) is 32.0 Å². The highest BCUT2D eigenvalue weighted by Gasteiger charge is 2.13. The molecule has 0 aromatic heterocycles. The highest BCUT2D eigenvalue weighted by molar-refractivity contribution is 6.08. The minimum Gasteiger partial charge on any atom is -0.308 e. The zero-order valence-corrected chi connectivity index (χ0v) is 17.8. The highest BCUT2D eigenvalue weighted by atomic mass is 14.3. The van der Waals surface area contributed by atoms with E-state index in [1.165, 1.54) is 41.3 Å². The van der Waals surface area contributed by atoms with Crippen molar-refractivity contribution in [1.82, 2.24) is 0 Å². The van der Waals surface area contributed by atoms with Crippen LogP contribution in [0.3, 0.4) is 0 Å². The smallest absolute Gasteiger partial charge is 0.0253 e. The lowest BCUT2D eigenvalue weighted by Gasteiger charge is -2.13. The number of hydrogen-bond donors (Lipinski definition) is 1. The zero-order chi connectivity index (χ0) is 20.4. The van der Waals surface area contributed by atoms with Crippen molar-refractivity contribution in [2.24, 2.45) is 0 Å². The van der Waals surface area contributed by atoms with Crippen molar-refractivity contribution in [3.63, 3.8) is 0 Å². The first-order valence-electron chi connectivity index (χ1n) is 10.5. The second-order valence-electron chi connectivity index (χ2n) is 6.84. The Morgan fingerprint density at radius 1 is 1.04 bits per heavy atom. The number of nitrogens with one attached hydrogen (secondary N) is 1. The van der Waals surface area contributed by atoms with E-state index >= 15 is 0 Å². The molecule has 1 N–H and O–H groups in total.